The predicted octanol–water partition coefficient (Wildman–Crippen LogP) is 2.62. The highest BCUT2D eigenvalue weighted by Crippen LogP contribution is 2.28. The Kier molecular flexibility index (Phi) is 2.92. The van der Waals surface area contributed by atoms with E-state index in [9.17, 15) is 10.1 Å². The smallest absolute Gasteiger partial charge is 0.358 e. The van der Waals surface area contributed by atoms with Gasteiger partial charge in [0.05, 0.1) is 0 Å². The SMILES string of the molecule is C=C(Br)CNc1nc2sccn2c1[N+](=O)[O-]. The number of rotatable bonds is 4. The molecule has 0 radical (unpaired) electrons. The van der Waals surface area contributed by atoms with Gasteiger partial charge in [0.2, 0.25) is 5.82 Å². The highest BCUT2D eigenvalue weighted by atomic mass is 79.9. The molecule has 8 heteroatoms. The summed E-state index contributed by atoms with van der Waals surface area (Å²) in [4.78, 5) is 15.2. The molecule has 2 aromatic rings. The predicted molar refractivity (Wildman–Crippen MR) is 66.3 cm³/mol. The number of halogens is 1. The molecule has 2 heterocycles. The average Bonchev–Trinajstić information content (AvgIpc) is 2.71. The molecule has 2 aromatic heterocycles. The number of nitrogens with one attached hydrogen (secondary N) is 1. The summed E-state index contributed by atoms with van der Waals surface area (Å²) in [6.45, 7) is 4.03. The number of imidazole rings is 1. The van der Waals surface area contributed by atoms with E-state index in [0.717, 1.165) is 0 Å². The van der Waals surface area contributed by atoms with Gasteiger partial charge in [0.25, 0.3) is 4.96 Å². The van der Waals surface area contributed by atoms with E-state index in [2.05, 4.69) is 32.8 Å². The molecule has 84 valence electrons. The van der Waals surface area contributed by atoms with Crippen LogP contribution in [0, 0.1) is 10.1 Å². The molecule has 0 fully saturated rings. The van der Waals surface area contributed by atoms with E-state index >= 15 is 0 Å². The van der Waals surface area contributed by atoms with Crippen LogP contribution in [0.4, 0.5) is 11.6 Å². The number of anilines is 1. The molecular formula is C8H7BrN4O2S. The van der Waals surface area contributed by atoms with Crippen LogP contribution in [0.1, 0.15) is 0 Å². The minimum atomic E-state index is -0.452. The summed E-state index contributed by atoms with van der Waals surface area (Å²) in [5.41, 5.74) is 0. The number of hydrogen-bond donors (Lipinski definition) is 1. The van der Waals surface area contributed by atoms with E-state index in [1.54, 1.807) is 11.6 Å². The summed E-state index contributed by atoms with van der Waals surface area (Å²) in [6.07, 6.45) is 1.62. The number of aromatic nitrogens is 2. The van der Waals surface area contributed by atoms with Crippen molar-refractivity contribution in [2.45, 2.75) is 0 Å². The summed E-state index contributed by atoms with van der Waals surface area (Å²) >= 11 is 4.52. The summed E-state index contributed by atoms with van der Waals surface area (Å²) in [5.74, 6) is 0.211. The monoisotopic (exact) mass is 302 g/mol. The third-order valence-electron chi connectivity index (χ3n) is 1.86. The van der Waals surface area contributed by atoms with Crippen LogP contribution in [0.2, 0.25) is 0 Å². The Balaban J connectivity index is 2.43. The lowest BCUT2D eigenvalue weighted by Gasteiger charge is -2.00. The number of fused-ring (bicyclic) bond motifs is 1. The van der Waals surface area contributed by atoms with Gasteiger partial charge in [-0.05, 0) is 4.92 Å². The van der Waals surface area contributed by atoms with Crippen molar-refractivity contribution in [1.82, 2.24) is 9.38 Å². The van der Waals surface area contributed by atoms with Crippen molar-refractivity contribution >= 4 is 43.9 Å². The first-order valence-corrected chi connectivity index (χ1v) is 5.94. The molecule has 0 aliphatic carbocycles. The van der Waals surface area contributed by atoms with Crippen LogP contribution >= 0.6 is 27.3 Å². The van der Waals surface area contributed by atoms with E-state index in [0.29, 0.717) is 16.0 Å². The van der Waals surface area contributed by atoms with Crippen LogP contribution in [0.15, 0.2) is 22.6 Å². The van der Waals surface area contributed by atoms with Crippen molar-refractivity contribution in [3.8, 4) is 0 Å². The quantitative estimate of drug-likeness (QED) is 0.696. The third kappa shape index (κ3) is 1.93. The Hall–Kier alpha value is -1.41. The summed E-state index contributed by atoms with van der Waals surface area (Å²) in [6, 6.07) is 0. The van der Waals surface area contributed by atoms with Crippen LogP contribution in [-0.2, 0) is 0 Å². The molecule has 0 atom stereocenters. The summed E-state index contributed by atoms with van der Waals surface area (Å²) in [7, 11) is 0. The van der Waals surface area contributed by atoms with E-state index in [1.165, 1.54) is 15.7 Å². The number of nitrogens with zero attached hydrogens (tertiary/aromatic N) is 3. The second-order valence-corrected chi connectivity index (χ2v) is 4.96. The largest absolute Gasteiger partial charge is 0.372 e. The minimum Gasteiger partial charge on any atom is -0.358 e. The fourth-order valence-corrected chi connectivity index (χ4v) is 2.10. The maximum atomic E-state index is 10.9. The Bertz CT molecular complexity index is 561. The normalized spacial score (nSPS) is 10.6. The molecular weight excluding hydrogens is 296 g/mol. The first-order valence-electron chi connectivity index (χ1n) is 4.26. The van der Waals surface area contributed by atoms with Crippen molar-refractivity contribution in [2.75, 3.05) is 11.9 Å². The first-order chi connectivity index (χ1) is 7.59. The lowest BCUT2D eigenvalue weighted by molar-refractivity contribution is -0.389. The molecule has 1 N–H and O–H groups in total. The zero-order valence-electron chi connectivity index (χ0n) is 8.01. The number of thiazole rings is 1. The van der Waals surface area contributed by atoms with Crippen LogP contribution in [-0.4, -0.2) is 20.9 Å². The van der Waals surface area contributed by atoms with Crippen molar-refractivity contribution in [1.29, 1.82) is 0 Å². The van der Waals surface area contributed by atoms with E-state index in [4.69, 9.17) is 0 Å². The Morgan fingerprint density at radius 1 is 1.81 bits per heavy atom. The van der Waals surface area contributed by atoms with Gasteiger partial charge in [0.15, 0.2) is 0 Å². The van der Waals surface area contributed by atoms with Gasteiger partial charge >= 0.3 is 5.82 Å². The third-order valence-corrected chi connectivity index (χ3v) is 2.89. The lowest BCUT2D eigenvalue weighted by Crippen LogP contribution is -2.04. The highest BCUT2D eigenvalue weighted by molar-refractivity contribution is 9.11. The molecule has 0 spiro atoms. The second kappa shape index (κ2) is 4.22. The van der Waals surface area contributed by atoms with E-state index < -0.39 is 4.92 Å². The standard InChI is InChI=1S/C8H7BrN4O2S/c1-5(9)4-10-6-7(13(14)15)12-2-3-16-8(12)11-6/h2-3,10H,1,4H2. The average molecular weight is 303 g/mol. The molecule has 6 nitrogen and oxygen atoms in total. The van der Waals surface area contributed by atoms with Crippen LogP contribution < -0.4 is 5.32 Å². The van der Waals surface area contributed by atoms with Crippen LogP contribution in [0.3, 0.4) is 0 Å². The minimum absolute atomic E-state index is 0.0509. The number of hydrogen-bond acceptors (Lipinski definition) is 5. The fraction of sp³-hybridized carbons (Fsp3) is 0.125. The first kappa shape index (κ1) is 11.1. The Morgan fingerprint density at radius 2 is 2.56 bits per heavy atom. The topological polar surface area (TPSA) is 72.5 Å². The molecule has 16 heavy (non-hydrogen) atoms. The zero-order valence-corrected chi connectivity index (χ0v) is 10.4. The maximum absolute atomic E-state index is 10.9. The zero-order chi connectivity index (χ0) is 11.7. The highest BCUT2D eigenvalue weighted by Gasteiger charge is 2.23. The molecule has 0 saturated heterocycles. The molecule has 0 bridgehead atoms. The lowest BCUT2D eigenvalue weighted by atomic mass is 10.5. The Morgan fingerprint density at radius 3 is 3.19 bits per heavy atom. The molecule has 0 amide bonds. The molecule has 0 saturated carbocycles. The molecule has 0 aromatic carbocycles. The van der Waals surface area contributed by atoms with Gasteiger partial charge < -0.3 is 15.4 Å². The van der Waals surface area contributed by atoms with Gasteiger partial charge in [-0.3, -0.25) is 0 Å². The van der Waals surface area contributed by atoms with Gasteiger partial charge in [0, 0.05) is 16.4 Å². The van der Waals surface area contributed by atoms with Gasteiger partial charge in [0.1, 0.15) is 6.20 Å². The molecule has 0 aliphatic heterocycles. The van der Waals surface area contributed by atoms with Crippen LogP contribution in [0.5, 0.6) is 0 Å². The van der Waals surface area contributed by atoms with Gasteiger partial charge in [-0.15, -0.1) is 0 Å². The van der Waals surface area contributed by atoms with Crippen LogP contribution in [0.25, 0.3) is 4.96 Å². The molecule has 2 rings (SSSR count). The number of nitro groups is 1. The maximum Gasteiger partial charge on any atom is 0.372 e. The van der Waals surface area contributed by atoms with Gasteiger partial charge in [-0.25, -0.2) is 0 Å². The van der Waals surface area contributed by atoms with Crippen molar-refractivity contribution in [3.63, 3.8) is 0 Å². The van der Waals surface area contributed by atoms with E-state index in [1.807, 2.05) is 0 Å². The van der Waals surface area contributed by atoms with Gasteiger partial charge in [-0.1, -0.05) is 33.8 Å². The van der Waals surface area contributed by atoms with Gasteiger partial charge in [-0.2, -0.15) is 9.38 Å². The summed E-state index contributed by atoms with van der Waals surface area (Å²) < 4.78 is 2.16. The summed E-state index contributed by atoms with van der Waals surface area (Å²) in [5, 5.41) is 15.5. The fourth-order valence-electron chi connectivity index (χ4n) is 1.25. The second-order valence-electron chi connectivity index (χ2n) is 2.97. The molecule has 0 aliphatic rings. The van der Waals surface area contributed by atoms with E-state index in [-0.39, 0.29) is 11.6 Å². The van der Waals surface area contributed by atoms with Crippen molar-refractivity contribution in [2.24, 2.45) is 0 Å². The van der Waals surface area contributed by atoms with Crippen molar-refractivity contribution < 1.29 is 4.92 Å². The Labute approximate surface area is 103 Å². The van der Waals surface area contributed by atoms with Crippen molar-refractivity contribution in [3.05, 3.63) is 32.8 Å². The molecule has 0 unspecified atom stereocenters.